The summed E-state index contributed by atoms with van der Waals surface area (Å²) < 4.78 is 7.70. The van der Waals surface area contributed by atoms with Crippen molar-refractivity contribution in [3.8, 4) is 5.75 Å². The largest absolute Gasteiger partial charge is 0.492 e. The first-order valence-electron chi connectivity index (χ1n) is 7.04. The van der Waals surface area contributed by atoms with Crippen LogP contribution >= 0.6 is 11.6 Å². The predicted octanol–water partition coefficient (Wildman–Crippen LogP) is 4.56. The van der Waals surface area contributed by atoms with Crippen LogP contribution < -0.4 is 10.1 Å². The van der Waals surface area contributed by atoms with E-state index in [1.165, 1.54) is 5.69 Å². The van der Waals surface area contributed by atoms with Crippen molar-refractivity contribution in [3.63, 3.8) is 0 Å². The number of hydrogen-bond acceptors (Lipinski definition) is 2. The van der Waals surface area contributed by atoms with Crippen molar-refractivity contribution in [3.05, 3.63) is 47.2 Å². The van der Waals surface area contributed by atoms with Crippen molar-refractivity contribution in [1.29, 1.82) is 0 Å². The van der Waals surface area contributed by atoms with Gasteiger partial charge in [0.25, 0.3) is 0 Å². The molecule has 1 N–H and O–H groups in total. The van der Waals surface area contributed by atoms with Gasteiger partial charge in [-0.2, -0.15) is 0 Å². The van der Waals surface area contributed by atoms with E-state index in [2.05, 4.69) is 35.1 Å². The number of nitrogens with zero attached hydrogens (tertiary/aromatic N) is 1. The molecular weight excluding hydrogens is 272 g/mol. The molecule has 0 fully saturated rings. The molecule has 20 heavy (non-hydrogen) atoms. The maximum atomic E-state index is 6.18. The molecule has 4 heteroatoms. The van der Waals surface area contributed by atoms with E-state index >= 15 is 0 Å². The number of hydrogen-bond donors (Lipinski definition) is 1. The van der Waals surface area contributed by atoms with E-state index < -0.39 is 0 Å². The number of benzene rings is 1. The van der Waals surface area contributed by atoms with Gasteiger partial charge in [0.05, 0.1) is 18.2 Å². The molecule has 0 aliphatic carbocycles. The van der Waals surface area contributed by atoms with Gasteiger partial charge in [0.2, 0.25) is 0 Å². The third-order valence-corrected chi connectivity index (χ3v) is 3.39. The van der Waals surface area contributed by atoms with Gasteiger partial charge in [0.15, 0.2) is 0 Å². The maximum absolute atomic E-state index is 6.18. The van der Waals surface area contributed by atoms with E-state index in [0.29, 0.717) is 11.6 Å². The van der Waals surface area contributed by atoms with E-state index in [9.17, 15) is 0 Å². The van der Waals surface area contributed by atoms with Crippen molar-refractivity contribution in [2.45, 2.75) is 33.4 Å². The molecule has 3 nitrogen and oxygen atoms in total. The molecule has 0 unspecified atom stereocenters. The van der Waals surface area contributed by atoms with E-state index in [4.69, 9.17) is 16.3 Å². The summed E-state index contributed by atoms with van der Waals surface area (Å²) in [4.78, 5) is 0. The van der Waals surface area contributed by atoms with Crippen LogP contribution in [0.25, 0.3) is 0 Å². The fraction of sp³-hybridized carbons (Fsp3) is 0.375. The molecule has 0 amide bonds. The number of ether oxygens (including phenoxy) is 1. The average Bonchev–Trinajstić information content (AvgIpc) is 2.87. The Morgan fingerprint density at radius 2 is 2.10 bits per heavy atom. The Balaban J connectivity index is 2.00. The molecule has 0 atom stereocenters. The Bertz CT molecular complexity index is 551. The Kier molecular flexibility index (Phi) is 5.36. The van der Waals surface area contributed by atoms with Crippen LogP contribution in [0, 0.1) is 0 Å². The first-order chi connectivity index (χ1) is 9.74. The van der Waals surface area contributed by atoms with Gasteiger partial charge in [-0.1, -0.05) is 18.5 Å². The van der Waals surface area contributed by atoms with Crippen LogP contribution in [0.2, 0.25) is 5.02 Å². The van der Waals surface area contributed by atoms with Crippen molar-refractivity contribution >= 4 is 17.3 Å². The van der Waals surface area contributed by atoms with E-state index in [1.54, 1.807) is 0 Å². The van der Waals surface area contributed by atoms with Crippen LogP contribution in [0.3, 0.4) is 0 Å². The summed E-state index contributed by atoms with van der Waals surface area (Å²) in [7, 11) is 0. The molecule has 0 bridgehead atoms. The van der Waals surface area contributed by atoms with Crippen LogP contribution in [-0.2, 0) is 13.1 Å². The smallest absolute Gasteiger partial charge is 0.138 e. The van der Waals surface area contributed by atoms with Gasteiger partial charge >= 0.3 is 0 Å². The van der Waals surface area contributed by atoms with Crippen LogP contribution in [-0.4, -0.2) is 11.2 Å². The third-order valence-electron chi connectivity index (χ3n) is 3.09. The number of nitrogens with one attached hydrogen (secondary N) is 1. The molecule has 2 aromatic rings. The lowest BCUT2D eigenvalue weighted by molar-refractivity contribution is 0.340. The van der Waals surface area contributed by atoms with Crippen LogP contribution in [0.4, 0.5) is 5.69 Å². The minimum atomic E-state index is 0.622. The lowest BCUT2D eigenvalue weighted by Crippen LogP contribution is -2.07. The average molecular weight is 293 g/mol. The summed E-state index contributed by atoms with van der Waals surface area (Å²) in [6.07, 6.45) is 3.25. The summed E-state index contributed by atoms with van der Waals surface area (Å²) in [6, 6.07) is 10.0. The summed E-state index contributed by atoms with van der Waals surface area (Å²) >= 11 is 6.18. The lowest BCUT2D eigenvalue weighted by Gasteiger charge is -2.12. The van der Waals surface area contributed by atoms with Gasteiger partial charge < -0.3 is 14.6 Å². The Morgan fingerprint density at radius 1 is 1.25 bits per heavy atom. The number of aromatic nitrogens is 1. The lowest BCUT2D eigenvalue weighted by atomic mass is 10.3. The normalized spacial score (nSPS) is 10.6. The fourth-order valence-corrected chi connectivity index (χ4v) is 2.38. The zero-order chi connectivity index (χ0) is 14.4. The summed E-state index contributed by atoms with van der Waals surface area (Å²) in [5.41, 5.74) is 2.28. The number of anilines is 1. The molecule has 108 valence electrons. The van der Waals surface area contributed by atoms with Crippen LogP contribution in [0.15, 0.2) is 36.5 Å². The Morgan fingerprint density at radius 3 is 2.80 bits per heavy atom. The molecule has 1 aromatic heterocycles. The second-order valence-electron chi connectivity index (χ2n) is 4.62. The third kappa shape index (κ3) is 3.70. The quantitative estimate of drug-likeness (QED) is 0.809. The zero-order valence-electron chi connectivity index (χ0n) is 12.0. The molecular formula is C16H21ClN2O. The zero-order valence-corrected chi connectivity index (χ0v) is 12.8. The highest BCUT2D eigenvalue weighted by molar-refractivity contribution is 6.32. The molecule has 0 spiro atoms. The highest BCUT2D eigenvalue weighted by atomic mass is 35.5. The minimum Gasteiger partial charge on any atom is -0.492 e. The SMILES string of the molecule is CCCn1cccc1CNc1ccc(OCC)c(Cl)c1. The summed E-state index contributed by atoms with van der Waals surface area (Å²) in [6.45, 7) is 6.59. The predicted molar refractivity (Wildman–Crippen MR) is 84.7 cm³/mol. The fourth-order valence-electron chi connectivity index (χ4n) is 2.14. The minimum absolute atomic E-state index is 0.622. The van der Waals surface area contributed by atoms with Crippen molar-refractivity contribution < 1.29 is 4.74 Å². The molecule has 0 aliphatic heterocycles. The van der Waals surface area contributed by atoms with Crippen molar-refractivity contribution in [2.75, 3.05) is 11.9 Å². The van der Waals surface area contributed by atoms with E-state index in [1.807, 2.05) is 25.1 Å². The number of halogens is 1. The second-order valence-corrected chi connectivity index (χ2v) is 5.03. The van der Waals surface area contributed by atoms with Gasteiger partial charge in [-0.3, -0.25) is 0 Å². The van der Waals surface area contributed by atoms with E-state index in [-0.39, 0.29) is 0 Å². The first-order valence-corrected chi connectivity index (χ1v) is 7.42. The molecule has 0 aliphatic rings. The summed E-state index contributed by atoms with van der Waals surface area (Å²) in [5, 5.41) is 4.03. The topological polar surface area (TPSA) is 26.2 Å². The van der Waals surface area contributed by atoms with Gasteiger partial charge in [0.1, 0.15) is 5.75 Å². The molecule has 2 rings (SSSR count). The van der Waals surface area contributed by atoms with Crippen LogP contribution in [0.1, 0.15) is 26.0 Å². The maximum Gasteiger partial charge on any atom is 0.138 e. The standard InChI is InChI=1S/C16H21ClN2O/c1-3-9-19-10-5-6-14(19)12-18-13-7-8-16(20-4-2)15(17)11-13/h5-8,10-11,18H,3-4,9,12H2,1-2H3. The molecule has 0 radical (unpaired) electrons. The highest BCUT2D eigenvalue weighted by Gasteiger charge is 2.04. The molecule has 1 heterocycles. The van der Waals surface area contributed by atoms with Crippen LogP contribution in [0.5, 0.6) is 5.75 Å². The van der Waals surface area contributed by atoms with Gasteiger partial charge in [-0.05, 0) is 43.7 Å². The monoisotopic (exact) mass is 292 g/mol. The summed E-state index contributed by atoms with van der Waals surface area (Å²) in [5.74, 6) is 0.731. The Hall–Kier alpha value is -1.61. The number of aryl methyl sites for hydroxylation is 1. The second kappa shape index (κ2) is 7.25. The van der Waals surface area contributed by atoms with Crippen molar-refractivity contribution in [1.82, 2.24) is 4.57 Å². The molecule has 1 aromatic carbocycles. The molecule has 0 saturated heterocycles. The number of rotatable bonds is 7. The van der Waals surface area contributed by atoms with E-state index in [0.717, 1.165) is 30.9 Å². The first kappa shape index (κ1) is 14.8. The van der Waals surface area contributed by atoms with Gasteiger partial charge in [0, 0.05) is 24.1 Å². The van der Waals surface area contributed by atoms with Gasteiger partial charge in [-0.15, -0.1) is 0 Å². The van der Waals surface area contributed by atoms with Gasteiger partial charge in [-0.25, -0.2) is 0 Å². The highest BCUT2D eigenvalue weighted by Crippen LogP contribution is 2.27. The molecule has 0 saturated carbocycles. The van der Waals surface area contributed by atoms with Crippen molar-refractivity contribution in [2.24, 2.45) is 0 Å². The Labute approximate surface area is 125 Å².